The molecule has 4 rings (SSSR count). The third-order valence-corrected chi connectivity index (χ3v) is 5.56. The van der Waals surface area contributed by atoms with Crippen molar-refractivity contribution >= 4 is 39.2 Å². The quantitative estimate of drug-likeness (QED) is 0.541. The topological polar surface area (TPSA) is 43.1 Å². The lowest BCUT2D eigenvalue weighted by molar-refractivity contribution is 0.971. The van der Waals surface area contributed by atoms with Crippen molar-refractivity contribution in [2.24, 2.45) is 0 Å². The van der Waals surface area contributed by atoms with Crippen molar-refractivity contribution in [3.8, 4) is 21.3 Å². The van der Waals surface area contributed by atoms with Crippen LogP contribution in [-0.4, -0.2) is 19.8 Å². The molecule has 4 aromatic rings. The molecule has 0 bridgehead atoms. The molecule has 0 radical (unpaired) electrons. The SMILES string of the molecule is Cc1ccsc1-c1nn2c(-c3ccccc3Cl)nnc2s1. The fourth-order valence-electron chi connectivity index (χ4n) is 2.11. The van der Waals surface area contributed by atoms with Crippen molar-refractivity contribution in [2.45, 2.75) is 6.92 Å². The summed E-state index contributed by atoms with van der Waals surface area (Å²) in [7, 11) is 0. The molecule has 3 heterocycles. The van der Waals surface area contributed by atoms with Gasteiger partial charge in [-0.2, -0.15) is 9.61 Å². The maximum Gasteiger partial charge on any atom is 0.235 e. The van der Waals surface area contributed by atoms with Crippen LogP contribution in [0.15, 0.2) is 35.7 Å². The molecule has 0 unspecified atom stereocenters. The number of nitrogens with zero attached hydrogens (tertiary/aromatic N) is 4. The Bertz CT molecular complexity index is 937. The van der Waals surface area contributed by atoms with Gasteiger partial charge in [0.2, 0.25) is 4.96 Å². The molecule has 0 saturated carbocycles. The molecule has 0 fully saturated rings. The Morgan fingerprint density at radius 3 is 2.76 bits per heavy atom. The summed E-state index contributed by atoms with van der Waals surface area (Å²) < 4.78 is 1.76. The van der Waals surface area contributed by atoms with Gasteiger partial charge in [-0.3, -0.25) is 0 Å². The van der Waals surface area contributed by atoms with Crippen LogP contribution in [0.3, 0.4) is 0 Å². The van der Waals surface area contributed by atoms with Gasteiger partial charge in [-0.05, 0) is 36.1 Å². The fraction of sp³-hybridized carbons (Fsp3) is 0.0714. The third-order valence-electron chi connectivity index (χ3n) is 3.16. The van der Waals surface area contributed by atoms with E-state index in [1.54, 1.807) is 15.9 Å². The van der Waals surface area contributed by atoms with Gasteiger partial charge in [-0.25, -0.2) is 0 Å². The maximum absolute atomic E-state index is 6.24. The lowest BCUT2D eigenvalue weighted by Gasteiger charge is -1.99. The molecule has 0 aliphatic rings. The standard InChI is InChI=1S/C14H9ClN4S2/c1-8-6-7-20-11(8)13-18-19-12(16-17-14(19)21-13)9-4-2-3-5-10(9)15/h2-7H,1H3. The number of aryl methyl sites for hydroxylation is 1. The van der Waals surface area contributed by atoms with Crippen molar-refractivity contribution in [2.75, 3.05) is 0 Å². The van der Waals surface area contributed by atoms with Crippen LogP contribution in [0.25, 0.3) is 26.2 Å². The zero-order valence-corrected chi connectivity index (χ0v) is 13.3. The smallest absolute Gasteiger partial charge is 0.182 e. The predicted octanol–water partition coefficient (Wildman–Crippen LogP) is 4.54. The Hall–Kier alpha value is -1.76. The molecule has 7 heteroatoms. The summed E-state index contributed by atoms with van der Waals surface area (Å²) in [5, 5.41) is 16.8. The predicted molar refractivity (Wildman–Crippen MR) is 87.2 cm³/mol. The Morgan fingerprint density at radius 2 is 2.00 bits per heavy atom. The minimum absolute atomic E-state index is 0.647. The summed E-state index contributed by atoms with van der Waals surface area (Å²) in [5.74, 6) is 0.673. The summed E-state index contributed by atoms with van der Waals surface area (Å²) in [6, 6.07) is 9.69. The van der Waals surface area contributed by atoms with E-state index >= 15 is 0 Å². The average molecular weight is 333 g/mol. The Labute approximate surface area is 133 Å². The zero-order valence-electron chi connectivity index (χ0n) is 10.9. The van der Waals surface area contributed by atoms with E-state index in [-0.39, 0.29) is 0 Å². The van der Waals surface area contributed by atoms with E-state index in [4.69, 9.17) is 11.6 Å². The zero-order chi connectivity index (χ0) is 14.4. The van der Waals surface area contributed by atoms with Gasteiger partial charge in [0, 0.05) is 5.56 Å². The Balaban J connectivity index is 1.91. The van der Waals surface area contributed by atoms with E-state index < -0.39 is 0 Å². The van der Waals surface area contributed by atoms with Crippen LogP contribution in [0.2, 0.25) is 5.02 Å². The van der Waals surface area contributed by atoms with Gasteiger partial charge in [0.05, 0.1) is 9.90 Å². The highest BCUT2D eigenvalue weighted by Crippen LogP contribution is 2.34. The summed E-state index contributed by atoms with van der Waals surface area (Å²) in [6.45, 7) is 2.09. The summed E-state index contributed by atoms with van der Waals surface area (Å²) in [5.41, 5.74) is 2.07. The Kier molecular flexibility index (Phi) is 3.02. The molecule has 0 saturated heterocycles. The largest absolute Gasteiger partial charge is 0.235 e. The van der Waals surface area contributed by atoms with Gasteiger partial charge in [-0.15, -0.1) is 21.5 Å². The highest BCUT2D eigenvalue weighted by atomic mass is 35.5. The lowest BCUT2D eigenvalue weighted by Crippen LogP contribution is -1.91. The summed E-state index contributed by atoms with van der Waals surface area (Å²) in [6.07, 6.45) is 0. The first-order valence-corrected chi connectivity index (χ1v) is 8.33. The first-order valence-electron chi connectivity index (χ1n) is 6.25. The summed E-state index contributed by atoms with van der Waals surface area (Å²) >= 11 is 9.47. The molecule has 0 spiro atoms. The number of aromatic nitrogens is 4. The molecule has 0 N–H and O–H groups in total. The fourth-order valence-corrected chi connectivity index (χ4v) is 4.25. The van der Waals surface area contributed by atoms with E-state index in [9.17, 15) is 0 Å². The van der Waals surface area contributed by atoms with Crippen LogP contribution < -0.4 is 0 Å². The van der Waals surface area contributed by atoms with Crippen LogP contribution in [-0.2, 0) is 0 Å². The molecule has 104 valence electrons. The van der Waals surface area contributed by atoms with Gasteiger partial charge in [0.1, 0.15) is 0 Å². The van der Waals surface area contributed by atoms with Crippen LogP contribution in [0, 0.1) is 6.92 Å². The number of thiophene rings is 1. The molecule has 0 amide bonds. The molecule has 4 nitrogen and oxygen atoms in total. The van der Waals surface area contributed by atoms with Gasteiger partial charge in [0.15, 0.2) is 10.8 Å². The first kappa shape index (κ1) is 12.9. The summed E-state index contributed by atoms with van der Waals surface area (Å²) in [4.78, 5) is 1.95. The minimum Gasteiger partial charge on any atom is -0.182 e. The maximum atomic E-state index is 6.24. The highest BCUT2D eigenvalue weighted by Gasteiger charge is 2.17. The molecule has 0 aliphatic carbocycles. The van der Waals surface area contributed by atoms with E-state index in [0.717, 1.165) is 15.5 Å². The van der Waals surface area contributed by atoms with E-state index in [0.29, 0.717) is 10.8 Å². The second kappa shape index (κ2) is 4.91. The van der Waals surface area contributed by atoms with Crippen molar-refractivity contribution in [3.63, 3.8) is 0 Å². The molecular formula is C14H9ClN4S2. The van der Waals surface area contributed by atoms with Gasteiger partial charge >= 0.3 is 0 Å². The van der Waals surface area contributed by atoms with E-state index in [2.05, 4.69) is 33.7 Å². The van der Waals surface area contributed by atoms with Gasteiger partial charge in [0.25, 0.3) is 0 Å². The first-order chi connectivity index (χ1) is 10.2. The Morgan fingerprint density at radius 1 is 1.14 bits per heavy atom. The molecule has 1 aromatic carbocycles. The number of fused-ring (bicyclic) bond motifs is 1. The van der Waals surface area contributed by atoms with E-state index in [1.165, 1.54) is 21.8 Å². The van der Waals surface area contributed by atoms with Crippen LogP contribution >= 0.6 is 34.3 Å². The van der Waals surface area contributed by atoms with E-state index in [1.807, 2.05) is 24.3 Å². The van der Waals surface area contributed by atoms with Gasteiger partial charge < -0.3 is 0 Å². The van der Waals surface area contributed by atoms with Crippen LogP contribution in [0.5, 0.6) is 0 Å². The molecular weight excluding hydrogens is 324 g/mol. The number of hydrogen-bond donors (Lipinski definition) is 0. The number of benzene rings is 1. The van der Waals surface area contributed by atoms with Crippen molar-refractivity contribution < 1.29 is 0 Å². The van der Waals surface area contributed by atoms with Crippen molar-refractivity contribution in [1.29, 1.82) is 0 Å². The number of halogens is 1. The molecule has 0 aliphatic heterocycles. The van der Waals surface area contributed by atoms with Gasteiger partial charge in [-0.1, -0.05) is 35.1 Å². The third kappa shape index (κ3) is 2.07. The normalized spacial score (nSPS) is 11.3. The monoisotopic (exact) mass is 332 g/mol. The van der Waals surface area contributed by atoms with Crippen LogP contribution in [0.4, 0.5) is 0 Å². The number of hydrogen-bond acceptors (Lipinski definition) is 5. The van der Waals surface area contributed by atoms with Crippen LogP contribution in [0.1, 0.15) is 5.56 Å². The average Bonchev–Trinajstić information content (AvgIpc) is 3.14. The number of rotatable bonds is 2. The second-order valence-electron chi connectivity index (χ2n) is 4.54. The van der Waals surface area contributed by atoms with Crippen molar-refractivity contribution in [3.05, 3.63) is 46.3 Å². The van der Waals surface area contributed by atoms with Crippen molar-refractivity contribution in [1.82, 2.24) is 19.8 Å². The minimum atomic E-state index is 0.647. The second-order valence-corrected chi connectivity index (χ2v) is 6.82. The lowest BCUT2D eigenvalue weighted by atomic mass is 10.2. The molecule has 21 heavy (non-hydrogen) atoms. The molecule has 3 aromatic heterocycles. The molecule has 0 atom stereocenters. The highest BCUT2D eigenvalue weighted by molar-refractivity contribution is 7.24.